The molecule has 1 aliphatic carbocycles. The van der Waals surface area contributed by atoms with Crippen LogP contribution in [0.4, 0.5) is 10.1 Å². The summed E-state index contributed by atoms with van der Waals surface area (Å²) in [6.45, 7) is -0.184. The van der Waals surface area contributed by atoms with Crippen molar-refractivity contribution in [1.29, 1.82) is 0 Å². The molecule has 5 aromatic rings. The van der Waals surface area contributed by atoms with Crippen LogP contribution in [0.25, 0.3) is 27.3 Å². The highest BCUT2D eigenvalue weighted by atomic mass is 32.2. The van der Waals surface area contributed by atoms with Crippen LogP contribution in [0.5, 0.6) is 0 Å². The molecule has 0 aliphatic heterocycles. The summed E-state index contributed by atoms with van der Waals surface area (Å²) in [5.74, 6) is -0.740. The predicted octanol–water partition coefficient (Wildman–Crippen LogP) is 1.39. The predicted molar refractivity (Wildman–Crippen MR) is 138 cm³/mol. The normalized spacial score (nSPS) is 14.1. The number of H-pyrrole nitrogens is 1. The van der Waals surface area contributed by atoms with E-state index in [1.807, 2.05) is 6.07 Å². The number of fused-ring (bicyclic) bond motifs is 5. The molecule has 6 rings (SSSR count). The molecule has 37 heavy (non-hydrogen) atoms. The van der Waals surface area contributed by atoms with E-state index in [2.05, 4.69) is 15.1 Å². The van der Waals surface area contributed by atoms with Gasteiger partial charge in [0.1, 0.15) is 11.3 Å². The zero-order valence-electron chi connectivity index (χ0n) is 19.6. The largest absolute Gasteiger partial charge is 0.491 e. The second-order valence-corrected chi connectivity index (χ2v) is 11.2. The van der Waals surface area contributed by atoms with Gasteiger partial charge in [-0.15, -0.1) is 0 Å². The number of rotatable bonds is 6. The van der Waals surface area contributed by atoms with E-state index in [4.69, 9.17) is 0 Å². The van der Waals surface area contributed by atoms with Crippen molar-refractivity contribution in [2.24, 2.45) is 0 Å². The maximum atomic E-state index is 14.4. The van der Waals surface area contributed by atoms with E-state index in [0.29, 0.717) is 38.6 Å². The van der Waals surface area contributed by atoms with Gasteiger partial charge in [-0.2, -0.15) is 5.10 Å². The van der Waals surface area contributed by atoms with Crippen molar-refractivity contribution in [2.75, 3.05) is 10.6 Å². The molecule has 1 aliphatic rings. The van der Waals surface area contributed by atoms with Gasteiger partial charge in [-0.25, -0.2) is 17.3 Å². The molecular formula is C24H21BFN5O5S. The van der Waals surface area contributed by atoms with Crippen LogP contribution in [0.2, 0.25) is 0 Å². The number of nitrogens with zero attached hydrogens (tertiary/aromatic N) is 4. The number of anilines is 1. The van der Waals surface area contributed by atoms with Gasteiger partial charge in [-0.3, -0.25) is 14.1 Å². The lowest BCUT2D eigenvalue weighted by molar-refractivity contribution is 0.423. The highest BCUT2D eigenvalue weighted by Crippen LogP contribution is 2.46. The van der Waals surface area contributed by atoms with Crippen LogP contribution in [0.3, 0.4) is 0 Å². The van der Waals surface area contributed by atoms with Gasteiger partial charge in [0.15, 0.2) is 0 Å². The summed E-state index contributed by atoms with van der Waals surface area (Å²) in [5, 5.41) is 24.3. The molecule has 1 saturated carbocycles. The van der Waals surface area contributed by atoms with Crippen molar-refractivity contribution >= 4 is 55.6 Å². The highest BCUT2D eigenvalue weighted by Gasteiger charge is 2.32. The molecule has 0 unspecified atom stereocenters. The molecule has 3 N–H and O–H groups in total. The van der Waals surface area contributed by atoms with Crippen LogP contribution in [-0.2, 0) is 16.6 Å². The summed E-state index contributed by atoms with van der Waals surface area (Å²) in [7, 11) is -5.81. The summed E-state index contributed by atoms with van der Waals surface area (Å²) < 4.78 is 43.1. The lowest BCUT2D eigenvalue weighted by Crippen LogP contribution is -2.34. The lowest BCUT2D eigenvalue weighted by atomic mass is 9.79. The van der Waals surface area contributed by atoms with Crippen LogP contribution in [-0.4, -0.2) is 51.4 Å². The van der Waals surface area contributed by atoms with Gasteiger partial charge in [0, 0.05) is 23.2 Å². The van der Waals surface area contributed by atoms with E-state index in [-0.39, 0.29) is 23.5 Å². The number of nitrogens with one attached hydrogen (secondary N) is 1. The molecular weight excluding hydrogens is 500 g/mol. The van der Waals surface area contributed by atoms with Gasteiger partial charge in [0.2, 0.25) is 10.0 Å². The zero-order valence-corrected chi connectivity index (χ0v) is 20.4. The summed E-state index contributed by atoms with van der Waals surface area (Å²) >= 11 is 0. The molecule has 1 aromatic carbocycles. The second kappa shape index (κ2) is 8.37. The minimum absolute atomic E-state index is 0.110. The molecule has 4 aromatic heterocycles. The molecule has 13 heteroatoms. The number of sulfonamides is 1. The van der Waals surface area contributed by atoms with Crippen LogP contribution in [0.15, 0.2) is 53.7 Å². The SMILES string of the molecule is CS(=O)(=O)N(Cc1ccc(B(O)O)c(F)c1)c1cn2nc3c4cnccc4[nH]c(=O)c3c2cc1C1CC1. The number of benzene rings is 1. The van der Waals surface area contributed by atoms with Gasteiger partial charge >= 0.3 is 7.12 Å². The Kier molecular flexibility index (Phi) is 5.33. The smallest absolute Gasteiger partial charge is 0.423 e. The Bertz CT molecular complexity index is 1880. The maximum Gasteiger partial charge on any atom is 0.491 e. The van der Waals surface area contributed by atoms with Gasteiger partial charge in [0.05, 0.1) is 41.1 Å². The molecule has 1 fully saturated rings. The summed E-state index contributed by atoms with van der Waals surface area (Å²) in [5.41, 5.74) is 2.46. The van der Waals surface area contributed by atoms with E-state index < -0.39 is 23.0 Å². The standard InChI is InChI=1S/C24H21BFN5O5S/c1-37(35,36)31(11-13-2-5-17(25(33)34)18(26)8-13)21-12-30-20(9-15(21)14-3-4-14)22-23(29-30)16-10-27-7-6-19(16)28-24(22)32/h2,5-10,12,14,33-34H,3-4,11H2,1H3,(H,28,32). The monoisotopic (exact) mass is 521 g/mol. The Hall–Kier alpha value is -3.81. The van der Waals surface area contributed by atoms with Gasteiger partial charge in [0.25, 0.3) is 5.56 Å². The van der Waals surface area contributed by atoms with Gasteiger partial charge in [-0.05, 0) is 48.1 Å². The first-order chi connectivity index (χ1) is 17.6. The quantitative estimate of drug-likeness (QED) is 0.287. The number of hydrogen-bond donors (Lipinski definition) is 3. The number of aromatic nitrogens is 4. The van der Waals surface area contributed by atoms with Crippen molar-refractivity contribution in [2.45, 2.75) is 25.3 Å². The number of pyridine rings is 3. The van der Waals surface area contributed by atoms with Crippen molar-refractivity contribution in [3.8, 4) is 0 Å². The van der Waals surface area contributed by atoms with E-state index >= 15 is 0 Å². The van der Waals surface area contributed by atoms with E-state index in [1.54, 1.807) is 24.7 Å². The molecule has 10 nitrogen and oxygen atoms in total. The molecule has 0 saturated heterocycles. The fourth-order valence-electron chi connectivity index (χ4n) is 4.74. The Morgan fingerprint density at radius 1 is 1.24 bits per heavy atom. The van der Waals surface area contributed by atoms with Gasteiger partial charge in [-0.1, -0.05) is 12.1 Å². The molecule has 4 heterocycles. The van der Waals surface area contributed by atoms with Crippen LogP contribution in [0, 0.1) is 5.82 Å². The molecule has 0 atom stereocenters. The van der Waals surface area contributed by atoms with E-state index in [0.717, 1.165) is 30.7 Å². The third-order valence-corrected chi connectivity index (χ3v) is 7.81. The third kappa shape index (κ3) is 4.04. The molecule has 0 amide bonds. The first kappa shape index (κ1) is 23.6. The van der Waals surface area contributed by atoms with Crippen molar-refractivity contribution < 1.29 is 22.9 Å². The third-order valence-electron chi connectivity index (χ3n) is 6.69. The minimum Gasteiger partial charge on any atom is -0.423 e. The van der Waals surface area contributed by atoms with E-state index in [9.17, 15) is 27.7 Å². The first-order valence-electron chi connectivity index (χ1n) is 11.6. The Morgan fingerprint density at radius 2 is 2.03 bits per heavy atom. The fourth-order valence-corrected chi connectivity index (χ4v) is 5.63. The fraction of sp³-hybridized carbons (Fsp3) is 0.208. The number of hydrogen-bond acceptors (Lipinski definition) is 7. The van der Waals surface area contributed by atoms with Crippen molar-refractivity contribution in [3.05, 3.63) is 76.2 Å². The number of halogens is 1. The van der Waals surface area contributed by atoms with Crippen LogP contribution in [0.1, 0.15) is 29.9 Å². The average Bonchev–Trinajstić information content (AvgIpc) is 3.61. The van der Waals surface area contributed by atoms with E-state index in [1.165, 1.54) is 21.0 Å². The molecule has 0 bridgehead atoms. The maximum absolute atomic E-state index is 14.4. The van der Waals surface area contributed by atoms with Gasteiger partial charge < -0.3 is 15.0 Å². The summed E-state index contributed by atoms with van der Waals surface area (Å²) in [6, 6.07) is 7.25. The minimum atomic E-state index is -3.83. The summed E-state index contributed by atoms with van der Waals surface area (Å²) in [6.07, 6.45) is 7.59. The Labute approximate surface area is 210 Å². The molecule has 188 valence electrons. The van der Waals surface area contributed by atoms with Crippen molar-refractivity contribution in [1.82, 2.24) is 19.6 Å². The van der Waals surface area contributed by atoms with Crippen LogP contribution < -0.4 is 15.3 Å². The Morgan fingerprint density at radius 3 is 2.70 bits per heavy atom. The topological polar surface area (TPSA) is 141 Å². The zero-order chi connectivity index (χ0) is 26.1. The molecule has 0 spiro atoms. The Balaban J connectivity index is 1.56. The summed E-state index contributed by atoms with van der Waals surface area (Å²) in [4.78, 5) is 20.0. The lowest BCUT2D eigenvalue weighted by Gasteiger charge is -2.25. The first-order valence-corrected chi connectivity index (χ1v) is 13.4. The van der Waals surface area contributed by atoms with Crippen molar-refractivity contribution in [3.63, 3.8) is 0 Å². The van der Waals surface area contributed by atoms with Crippen LogP contribution >= 0.6 is 0 Å². The molecule has 0 radical (unpaired) electrons. The highest BCUT2D eigenvalue weighted by molar-refractivity contribution is 7.92. The number of aromatic amines is 1. The average molecular weight is 521 g/mol. The second-order valence-electron chi connectivity index (χ2n) is 9.32.